The van der Waals surface area contributed by atoms with Crippen LogP contribution >= 0.6 is 0 Å². The molecular formula is C13H20N4O2. The second-order valence-corrected chi connectivity index (χ2v) is 3.91. The molecule has 0 saturated carbocycles. The Balaban J connectivity index is 2.51. The van der Waals surface area contributed by atoms with E-state index in [2.05, 4.69) is 20.9 Å². The third kappa shape index (κ3) is 4.95. The summed E-state index contributed by atoms with van der Waals surface area (Å²) >= 11 is 0. The fourth-order valence-electron chi connectivity index (χ4n) is 1.59. The normalized spacial score (nSPS) is 9.79. The Labute approximate surface area is 113 Å². The SMILES string of the molecule is CCNC(=O)CCNC(=O)c1cnccc1NCC. The van der Waals surface area contributed by atoms with Gasteiger partial charge in [-0.1, -0.05) is 0 Å². The maximum Gasteiger partial charge on any atom is 0.254 e. The molecule has 0 aliphatic carbocycles. The average Bonchev–Trinajstić information content (AvgIpc) is 2.40. The van der Waals surface area contributed by atoms with Gasteiger partial charge in [0.15, 0.2) is 0 Å². The largest absolute Gasteiger partial charge is 0.385 e. The second kappa shape index (κ2) is 8.07. The molecule has 0 spiro atoms. The van der Waals surface area contributed by atoms with Crippen molar-refractivity contribution < 1.29 is 9.59 Å². The number of nitrogens with one attached hydrogen (secondary N) is 3. The van der Waals surface area contributed by atoms with Gasteiger partial charge in [0.05, 0.1) is 11.3 Å². The van der Waals surface area contributed by atoms with Gasteiger partial charge in [-0.25, -0.2) is 0 Å². The van der Waals surface area contributed by atoms with E-state index in [4.69, 9.17) is 0 Å². The molecule has 6 heteroatoms. The smallest absolute Gasteiger partial charge is 0.254 e. The molecule has 0 aliphatic rings. The molecule has 1 aromatic heterocycles. The lowest BCUT2D eigenvalue weighted by Gasteiger charge is -2.10. The standard InChI is InChI=1S/C13H20N4O2/c1-3-15-11-5-7-14-9-10(11)13(19)17-8-6-12(18)16-4-2/h5,7,9H,3-4,6,8H2,1-2H3,(H,14,15)(H,16,18)(H,17,19). The lowest BCUT2D eigenvalue weighted by molar-refractivity contribution is -0.120. The molecule has 19 heavy (non-hydrogen) atoms. The quantitative estimate of drug-likeness (QED) is 0.679. The Bertz CT molecular complexity index is 434. The summed E-state index contributed by atoms with van der Waals surface area (Å²) in [4.78, 5) is 27.1. The van der Waals surface area contributed by atoms with Gasteiger partial charge in [0, 0.05) is 38.4 Å². The van der Waals surface area contributed by atoms with Gasteiger partial charge in [-0.05, 0) is 19.9 Å². The topological polar surface area (TPSA) is 83.1 Å². The molecule has 6 nitrogen and oxygen atoms in total. The first-order valence-corrected chi connectivity index (χ1v) is 6.41. The predicted molar refractivity (Wildman–Crippen MR) is 74.0 cm³/mol. The minimum absolute atomic E-state index is 0.0686. The van der Waals surface area contributed by atoms with Crippen LogP contribution in [0.1, 0.15) is 30.6 Å². The number of anilines is 1. The van der Waals surface area contributed by atoms with Gasteiger partial charge < -0.3 is 16.0 Å². The van der Waals surface area contributed by atoms with E-state index in [0.29, 0.717) is 18.7 Å². The third-order valence-corrected chi connectivity index (χ3v) is 2.44. The molecule has 0 aliphatic heterocycles. The van der Waals surface area contributed by atoms with Crippen molar-refractivity contribution in [1.29, 1.82) is 0 Å². The van der Waals surface area contributed by atoms with Crippen molar-refractivity contribution in [3.05, 3.63) is 24.0 Å². The highest BCUT2D eigenvalue weighted by Crippen LogP contribution is 2.12. The number of hydrogen-bond donors (Lipinski definition) is 3. The summed E-state index contributed by atoms with van der Waals surface area (Å²) in [5.74, 6) is -0.297. The van der Waals surface area contributed by atoms with Crippen LogP contribution in [0.5, 0.6) is 0 Å². The number of hydrogen-bond acceptors (Lipinski definition) is 4. The van der Waals surface area contributed by atoms with Crippen LogP contribution in [0.2, 0.25) is 0 Å². The van der Waals surface area contributed by atoms with Gasteiger partial charge in [-0.2, -0.15) is 0 Å². The molecule has 0 aromatic carbocycles. The van der Waals surface area contributed by atoms with Crippen molar-refractivity contribution in [2.45, 2.75) is 20.3 Å². The zero-order valence-corrected chi connectivity index (χ0v) is 11.3. The molecule has 1 rings (SSSR count). The highest BCUT2D eigenvalue weighted by atomic mass is 16.2. The Morgan fingerprint density at radius 1 is 1.21 bits per heavy atom. The van der Waals surface area contributed by atoms with Gasteiger partial charge in [0.2, 0.25) is 5.91 Å². The molecule has 0 bridgehead atoms. The zero-order chi connectivity index (χ0) is 14.1. The number of rotatable bonds is 7. The fourth-order valence-corrected chi connectivity index (χ4v) is 1.59. The summed E-state index contributed by atoms with van der Waals surface area (Å²) in [5.41, 5.74) is 1.23. The average molecular weight is 264 g/mol. The predicted octanol–water partition coefficient (Wildman–Crippen LogP) is 0.769. The van der Waals surface area contributed by atoms with E-state index in [9.17, 15) is 9.59 Å². The Morgan fingerprint density at radius 3 is 2.68 bits per heavy atom. The summed E-state index contributed by atoms with van der Waals surface area (Å²) in [6.45, 7) is 5.44. The lowest BCUT2D eigenvalue weighted by atomic mass is 10.2. The Hall–Kier alpha value is -2.11. The van der Waals surface area contributed by atoms with Crippen molar-refractivity contribution in [2.24, 2.45) is 0 Å². The molecule has 0 fully saturated rings. The molecular weight excluding hydrogens is 244 g/mol. The van der Waals surface area contributed by atoms with E-state index in [0.717, 1.165) is 12.2 Å². The van der Waals surface area contributed by atoms with E-state index in [1.807, 2.05) is 13.8 Å². The van der Waals surface area contributed by atoms with Crippen LogP contribution in [0.25, 0.3) is 0 Å². The van der Waals surface area contributed by atoms with Crippen LogP contribution < -0.4 is 16.0 Å². The first-order valence-electron chi connectivity index (χ1n) is 6.41. The van der Waals surface area contributed by atoms with Gasteiger partial charge >= 0.3 is 0 Å². The molecule has 0 atom stereocenters. The second-order valence-electron chi connectivity index (χ2n) is 3.91. The molecule has 0 unspecified atom stereocenters. The van der Waals surface area contributed by atoms with E-state index in [1.165, 1.54) is 6.20 Å². The van der Waals surface area contributed by atoms with Crippen molar-refractivity contribution in [3.63, 3.8) is 0 Å². The highest BCUT2D eigenvalue weighted by molar-refractivity contribution is 5.99. The van der Waals surface area contributed by atoms with Crippen LogP contribution in [-0.4, -0.2) is 36.4 Å². The third-order valence-electron chi connectivity index (χ3n) is 2.44. The molecule has 1 aromatic rings. The number of pyridine rings is 1. The minimum atomic E-state index is -0.228. The maximum absolute atomic E-state index is 12.0. The summed E-state index contributed by atoms with van der Waals surface area (Å²) in [6, 6.07) is 1.75. The molecule has 3 N–H and O–H groups in total. The number of nitrogens with zero attached hydrogens (tertiary/aromatic N) is 1. The van der Waals surface area contributed by atoms with Gasteiger partial charge in [0.25, 0.3) is 5.91 Å². The van der Waals surface area contributed by atoms with Crippen molar-refractivity contribution in [2.75, 3.05) is 25.0 Å². The molecule has 2 amide bonds. The van der Waals surface area contributed by atoms with E-state index in [-0.39, 0.29) is 18.2 Å². The van der Waals surface area contributed by atoms with E-state index < -0.39 is 0 Å². The molecule has 104 valence electrons. The van der Waals surface area contributed by atoms with Gasteiger partial charge in [-0.3, -0.25) is 14.6 Å². The molecule has 1 heterocycles. The number of amides is 2. The first kappa shape index (κ1) is 14.9. The number of carbonyl (C=O) groups excluding carboxylic acids is 2. The Morgan fingerprint density at radius 2 is 2.00 bits per heavy atom. The van der Waals surface area contributed by atoms with Crippen LogP contribution in [0.15, 0.2) is 18.5 Å². The van der Waals surface area contributed by atoms with E-state index >= 15 is 0 Å². The van der Waals surface area contributed by atoms with Crippen LogP contribution in [0.4, 0.5) is 5.69 Å². The number of aromatic nitrogens is 1. The maximum atomic E-state index is 12.0. The van der Waals surface area contributed by atoms with Crippen LogP contribution in [-0.2, 0) is 4.79 Å². The summed E-state index contributed by atoms with van der Waals surface area (Å²) in [5, 5.41) is 8.48. The van der Waals surface area contributed by atoms with Gasteiger partial charge in [-0.15, -0.1) is 0 Å². The van der Waals surface area contributed by atoms with Gasteiger partial charge in [0.1, 0.15) is 0 Å². The number of carbonyl (C=O) groups is 2. The molecule has 0 radical (unpaired) electrons. The minimum Gasteiger partial charge on any atom is -0.385 e. The summed E-state index contributed by atoms with van der Waals surface area (Å²) < 4.78 is 0. The van der Waals surface area contributed by atoms with Crippen molar-refractivity contribution >= 4 is 17.5 Å². The first-order chi connectivity index (χ1) is 9.19. The fraction of sp³-hybridized carbons (Fsp3) is 0.462. The monoisotopic (exact) mass is 264 g/mol. The zero-order valence-electron chi connectivity index (χ0n) is 11.3. The Kier molecular flexibility index (Phi) is 6.35. The van der Waals surface area contributed by atoms with Crippen LogP contribution in [0.3, 0.4) is 0 Å². The van der Waals surface area contributed by atoms with E-state index in [1.54, 1.807) is 12.3 Å². The van der Waals surface area contributed by atoms with Crippen molar-refractivity contribution in [3.8, 4) is 0 Å². The lowest BCUT2D eigenvalue weighted by Crippen LogP contribution is -2.31. The summed E-state index contributed by atoms with van der Waals surface area (Å²) in [7, 11) is 0. The van der Waals surface area contributed by atoms with Crippen LogP contribution in [0, 0.1) is 0 Å². The highest BCUT2D eigenvalue weighted by Gasteiger charge is 2.11. The van der Waals surface area contributed by atoms with Crippen molar-refractivity contribution in [1.82, 2.24) is 15.6 Å². The molecule has 0 saturated heterocycles. The summed E-state index contributed by atoms with van der Waals surface area (Å²) in [6.07, 6.45) is 3.42.